The summed E-state index contributed by atoms with van der Waals surface area (Å²) in [5.74, 6) is -0.406. The third-order valence-electron chi connectivity index (χ3n) is 1.32. The van der Waals surface area contributed by atoms with Gasteiger partial charge in [0.05, 0.1) is 6.57 Å². The summed E-state index contributed by atoms with van der Waals surface area (Å²) >= 11 is 0. The molecule has 0 unspecified atom stereocenters. The molecule has 0 spiro atoms. The molecule has 0 aliphatic heterocycles. The summed E-state index contributed by atoms with van der Waals surface area (Å²) in [4.78, 5) is 13.4. The number of rotatable bonds is 2. The van der Waals surface area contributed by atoms with Crippen molar-refractivity contribution in [3.63, 3.8) is 0 Å². The summed E-state index contributed by atoms with van der Waals surface area (Å²) in [6, 6.07) is 9.26. The highest BCUT2D eigenvalue weighted by atomic mass is 16.1. The number of amides is 1. The lowest BCUT2D eigenvalue weighted by Crippen LogP contribution is -1.94. The SMILES string of the molecule is [C-]#[N+]C(=O)Cc1ccccc1. The fourth-order valence-corrected chi connectivity index (χ4v) is 0.810. The summed E-state index contributed by atoms with van der Waals surface area (Å²) in [5.41, 5.74) is 0.897. The summed E-state index contributed by atoms with van der Waals surface area (Å²) in [5, 5.41) is 0. The maximum atomic E-state index is 10.6. The zero-order valence-electron chi connectivity index (χ0n) is 5.95. The Labute approximate surface area is 65.3 Å². The first-order valence-electron chi connectivity index (χ1n) is 3.27. The Balaban J connectivity index is 2.67. The Morgan fingerprint density at radius 3 is 2.55 bits per heavy atom. The van der Waals surface area contributed by atoms with Gasteiger partial charge in [0, 0.05) is 6.42 Å². The molecular weight excluding hydrogens is 138 g/mol. The second-order valence-corrected chi connectivity index (χ2v) is 2.17. The fraction of sp³-hybridized carbons (Fsp3) is 0.111. The molecular formula is C9H7NO. The molecule has 1 aromatic rings. The van der Waals surface area contributed by atoms with Crippen molar-refractivity contribution < 1.29 is 4.79 Å². The van der Waals surface area contributed by atoms with Gasteiger partial charge in [-0.15, -0.1) is 0 Å². The quantitative estimate of drug-likeness (QED) is 0.580. The topological polar surface area (TPSA) is 21.4 Å². The highest BCUT2D eigenvalue weighted by Crippen LogP contribution is 1.99. The Morgan fingerprint density at radius 1 is 1.36 bits per heavy atom. The number of hydrogen-bond donors (Lipinski definition) is 0. The Bertz CT molecular complexity index is 284. The predicted molar refractivity (Wildman–Crippen MR) is 41.8 cm³/mol. The van der Waals surface area contributed by atoms with E-state index in [1.165, 1.54) is 0 Å². The van der Waals surface area contributed by atoms with E-state index in [4.69, 9.17) is 6.57 Å². The molecule has 0 aromatic heterocycles. The van der Waals surface area contributed by atoms with Crippen molar-refractivity contribution >= 4 is 5.91 Å². The van der Waals surface area contributed by atoms with Gasteiger partial charge in [-0.3, -0.25) is 0 Å². The van der Waals surface area contributed by atoms with Gasteiger partial charge >= 0.3 is 5.91 Å². The van der Waals surface area contributed by atoms with Crippen LogP contribution in [0.2, 0.25) is 0 Å². The van der Waals surface area contributed by atoms with Gasteiger partial charge in [0.2, 0.25) is 0 Å². The first-order chi connectivity index (χ1) is 5.33. The zero-order valence-corrected chi connectivity index (χ0v) is 5.95. The Hall–Kier alpha value is -1.62. The smallest absolute Gasteiger partial charge is 0.315 e. The highest BCUT2D eigenvalue weighted by molar-refractivity contribution is 5.87. The summed E-state index contributed by atoms with van der Waals surface area (Å²) in [6.07, 6.45) is 0.227. The largest absolute Gasteiger partial charge is 0.359 e. The van der Waals surface area contributed by atoms with Crippen LogP contribution >= 0.6 is 0 Å². The molecule has 0 N–H and O–H groups in total. The minimum Gasteiger partial charge on any atom is -0.315 e. The van der Waals surface area contributed by atoms with E-state index in [2.05, 4.69) is 4.85 Å². The molecule has 0 saturated carbocycles. The monoisotopic (exact) mass is 145 g/mol. The highest BCUT2D eigenvalue weighted by Gasteiger charge is 1.99. The third kappa shape index (κ3) is 2.23. The molecule has 0 aliphatic rings. The van der Waals surface area contributed by atoms with Gasteiger partial charge in [0.25, 0.3) is 0 Å². The molecule has 0 aliphatic carbocycles. The lowest BCUT2D eigenvalue weighted by Gasteiger charge is -1.92. The fourth-order valence-electron chi connectivity index (χ4n) is 0.810. The predicted octanol–water partition coefficient (Wildman–Crippen LogP) is 1.67. The van der Waals surface area contributed by atoms with Crippen molar-refractivity contribution in [1.82, 2.24) is 0 Å². The molecule has 0 atom stereocenters. The lowest BCUT2D eigenvalue weighted by atomic mass is 10.1. The van der Waals surface area contributed by atoms with E-state index >= 15 is 0 Å². The van der Waals surface area contributed by atoms with Crippen LogP contribution in [0.15, 0.2) is 30.3 Å². The molecule has 2 nitrogen and oxygen atoms in total. The van der Waals surface area contributed by atoms with Gasteiger partial charge < -0.3 is 4.79 Å². The Kier molecular flexibility index (Phi) is 2.40. The van der Waals surface area contributed by atoms with Crippen molar-refractivity contribution in [1.29, 1.82) is 0 Å². The van der Waals surface area contributed by atoms with Crippen LogP contribution in [0, 0.1) is 6.57 Å². The second-order valence-electron chi connectivity index (χ2n) is 2.17. The number of benzene rings is 1. The molecule has 1 amide bonds. The van der Waals surface area contributed by atoms with Crippen molar-refractivity contribution in [3.05, 3.63) is 47.3 Å². The minimum absolute atomic E-state index is 0.227. The standard InChI is InChI=1S/C9H7NO/c1-10-9(11)7-8-5-3-2-4-6-8/h2-6H,7H2. The van der Waals surface area contributed by atoms with Crippen LogP contribution in [0.3, 0.4) is 0 Å². The molecule has 0 saturated heterocycles. The van der Waals surface area contributed by atoms with Crippen LogP contribution in [0.1, 0.15) is 5.56 Å². The van der Waals surface area contributed by atoms with Gasteiger partial charge in [-0.05, 0) is 0 Å². The van der Waals surface area contributed by atoms with Gasteiger partial charge in [0.1, 0.15) is 0 Å². The molecule has 0 heterocycles. The summed E-state index contributed by atoms with van der Waals surface area (Å²) in [7, 11) is 0. The molecule has 1 aromatic carbocycles. The number of hydrogen-bond acceptors (Lipinski definition) is 1. The van der Waals surface area contributed by atoms with E-state index in [0.29, 0.717) is 0 Å². The van der Waals surface area contributed by atoms with Crippen LogP contribution in [0.4, 0.5) is 0 Å². The number of nitrogens with zero attached hydrogens (tertiary/aromatic N) is 1. The lowest BCUT2D eigenvalue weighted by molar-refractivity contribution is -0.114. The average Bonchev–Trinajstić information content (AvgIpc) is 2.06. The van der Waals surface area contributed by atoms with E-state index < -0.39 is 5.91 Å². The molecule has 54 valence electrons. The molecule has 0 bridgehead atoms. The van der Waals surface area contributed by atoms with Gasteiger partial charge in [-0.1, -0.05) is 35.9 Å². The third-order valence-corrected chi connectivity index (χ3v) is 1.32. The van der Waals surface area contributed by atoms with E-state index in [1.54, 1.807) is 0 Å². The molecule has 1 rings (SSSR count). The number of carbonyl (C=O) groups excluding carboxylic acids is 1. The van der Waals surface area contributed by atoms with Crippen molar-refractivity contribution in [2.24, 2.45) is 0 Å². The molecule has 0 radical (unpaired) electrons. The van der Waals surface area contributed by atoms with Crippen LogP contribution < -0.4 is 0 Å². The van der Waals surface area contributed by atoms with Crippen LogP contribution in [-0.2, 0) is 11.2 Å². The van der Waals surface area contributed by atoms with Crippen molar-refractivity contribution in [3.8, 4) is 0 Å². The molecule has 0 fully saturated rings. The van der Waals surface area contributed by atoms with Crippen LogP contribution in [0.25, 0.3) is 4.85 Å². The van der Waals surface area contributed by atoms with Gasteiger partial charge in [-0.2, -0.15) is 4.85 Å². The number of carbonyl (C=O) groups is 1. The summed E-state index contributed by atoms with van der Waals surface area (Å²) in [6.45, 7) is 6.43. The molecule has 11 heavy (non-hydrogen) atoms. The minimum atomic E-state index is -0.406. The Morgan fingerprint density at radius 2 is 2.00 bits per heavy atom. The average molecular weight is 145 g/mol. The first kappa shape index (κ1) is 7.49. The normalized spacial score (nSPS) is 8.64. The first-order valence-corrected chi connectivity index (χ1v) is 3.27. The van der Waals surface area contributed by atoms with Gasteiger partial charge in [-0.25, -0.2) is 0 Å². The van der Waals surface area contributed by atoms with Gasteiger partial charge in [0.15, 0.2) is 0 Å². The van der Waals surface area contributed by atoms with Crippen LogP contribution in [0.5, 0.6) is 0 Å². The van der Waals surface area contributed by atoms with Crippen molar-refractivity contribution in [2.75, 3.05) is 0 Å². The van der Waals surface area contributed by atoms with Crippen LogP contribution in [-0.4, -0.2) is 5.91 Å². The zero-order chi connectivity index (χ0) is 8.10. The maximum Gasteiger partial charge on any atom is 0.359 e. The van der Waals surface area contributed by atoms with E-state index in [9.17, 15) is 4.79 Å². The van der Waals surface area contributed by atoms with Crippen molar-refractivity contribution in [2.45, 2.75) is 6.42 Å². The van der Waals surface area contributed by atoms with E-state index in [0.717, 1.165) is 5.56 Å². The van der Waals surface area contributed by atoms with E-state index in [1.807, 2.05) is 30.3 Å². The second kappa shape index (κ2) is 3.52. The maximum absolute atomic E-state index is 10.6. The molecule has 2 heteroatoms. The summed E-state index contributed by atoms with van der Waals surface area (Å²) < 4.78 is 0. The van der Waals surface area contributed by atoms with E-state index in [-0.39, 0.29) is 6.42 Å².